The third-order valence-corrected chi connectivity index (χ3v) is 4.45. The minimum atomic E-state index is -0.175. The molecule has 106 valence electrons. The van der Waals surface area contributed by atoms with Crippen LogP contribution >= 0.6 is 15.9 Å². The van der Waals surface area contributed by atoms with Gasteiger partial charge in [-0.2, -0.15) is 0 Å². The van der Waals surface area contributed by atoms with E-state index in [2.05, 4.69) is 26.4 Å². The number of halogens is 1. The Labute approximate surface area is 121 Å². The molecule has 2 unspecified atom stereocenters. The van der Waals surface area contributed by atoms with Crippen LogP contribution in [-0.4, -0.2) is 30.0 Å². The average Bonchev–Trinajstić information content (AvgIpc) is 3.04. The van der Waals surface area contributed by atoms with Gasteiger partial charge in [-0.1, -0.05) is 27.5 Å². The number of amides is 1. The molecule has 1 aliphatic rings. The molecule has 1 saturated carbocycles. The van der Waals surface area contributed by atoms with Gasteiger partial charge in [0.05, 0.1) is 0 Å². The summed E-state index contributed by atoms with van der Waals surface area (Å²) >= 11 is 3.54. The molecule has 0 aliphatic heterocycles. The Kier molecular flexibility index (Phi) is 5.39. The third kappa shape index (κ3) is 3.79. The Morgan fingerprint density at radius 1 is 1.58 bits per heavy atom. The molecule has 1 aliphatic carbocycles. The van der Waals surface area contributed by atoms with Crippen molar-refractivity contribution in [2.45, 2.75) is 25.9 Å². The summed E-state index contributed by atoms with van der Waals surface area (Å²) in [6.07, 6.45) is 3.68. The molecule has 0 aromatic carbocycles. The van der Waals surface area contributed by atoms with Gasteiger partial charge in [-0.25, -0.2) is 0 Å². The van der Waals surface area contributed by atoms with Crippen LogP contribution < -0.4 is 5.32 Å². The summed E-state index contributed by atoms with van der Waals surface area (Å²) in [4.78, 5) is 11.9. The number of rotatable bonds is 6. The Hall–Kier alpha value is -0.880. The molecule has 1 aromatic heterocycles. The topological polar surface area (TPSA) is 64.4 Å². The number of aromatic nitrogens is 1. The summed E-state index contributed by atoms with van der Waals surface area (Å²) in [6, 6.07) is 1.62. The van der Waals surface area contributed by atoms with Crippen LogP contribution in [0.2, 0.25) is 0 Å². The summed E-state index contributed by atoms with van der Waals surface area (Å²) in [5.41, 5.74) is 0.320. The maximum absolute atomic E-state index is 11.9. The van der Waals surface area contributed by atoms with Gasteiger partial charge in [0, 0.05) is 25.1 Å². The van der Waals surface area contributed by atoms with Crippen LogP contribution in [0.25, 0.3) is 0 Å². The number of alkyl halides is 1. The fourth-order valence-corrected chi connectivity index (χ4v) is 3.38. The molecule has 19 heavy (non-hydrogen) atoms. The van der Waals surface area contributed by atoms with Crippen LogP contribution in [0.5, 0.6) is 0 Å². The van der Waals surface area contributed by atoms with Crippen LogP contribution in [0.4, 0.5) is 0 Å². The maximum Gasteiger partial charge on any atom is 0.273 e. The molecular formula is C13H19BrN2O3. The summed E-state index contributed by atoms with van der Waals surface area (Å²) in [6.45, 7) is 1.04. The number of nitrogens with one attached hydrogen (secondary N) is 1. The standard InChI is InChI=1S/C13H19BrN2O3/c1-18-8-11-5-12(16-19-11)13(17)15-7-10-4-2-3-9(10)6-14/h5,9-10H,2-4,6-8H2,1H3,(H,15,17). The summed E-state index contributed by atoms with van der Waals surface area (Å²) < 4.78 is 9.92. The lowest BCUT2D eigenvalue weighted by atomic mass is 9.98. The summed E-state index contributed by atoms with van der Waals surface area (Å²) in [5.74, 6) is 1.62. The molecule has 1 N–H and O–H groups in total. The molecule has 0 saturated heterocycles. The number of methoxy groups -OCH3 is 1. The van der Waals surface area contributed by atoms with Crippen molar-refractivity contribution in [3.05, 3.63) is 17.5 Å². The van der Waals surface area contributed by atoms with E-state index >= 15 is 0 Å². The highest BCUT2D eigenvalue weighted by molar-refractivity contribution is 9.09. The number of ether oxygens (including phenoxy) is 1. The van der Waals surface area contributed by atoms with Crippen LogP contribution in [0.1, 0.15) is 35.5 Å². The maximum atomic E-state index is 11.9. The first-order valence-corrected chi connectivity index (χ1v) is 7.65. The largest absolute Gasteiger partial charge is 0.377 e. The molecule has 6 heteroatoms. The van der Waals surface area contributed by atoms with E-state index < -0.39 is 0 Å². The lowest BCUT2D eigenvalue weighted by Gasteiger charge is -2.17. The van der Waals surface area contributed by atoms with E-state index in [1.54, 1.807) is 13.2 Å². The van der Waals surface area contributed by atoms with Crippen molar-refractivity contribution in [2.24, 2.45) is 11.8 Å². The summed E-state index contributed by atoms with van der Waals surface area (Å²) in [7, 11) is 1.57. The van der Waals surface area contributed by atoms with Crippen molar-refractivity contribution in [1.82, 2.24) is 10.5 Å². The van der Waals surface area contributed by atoms with E-state index in [1.165, 1.54) is 19.3 Å². The number of carbonyl (C=O) groups excluding carboxylic acids is 1. The Morgan fingerprint density at radius 3 is 3.11 bits per heavy atom. The zero-order valence-corrected chi connectivity index (χ0v) is 12.6. The molecule has 5 nitrogen and oxygen atoms in total. The zero-order chi connectivity index (χ0) is 13.7. The number of carbonyl (C=O) groups is 1. The number of hydrogen-bond acceptors (Lipinski definition) is 4. The quantitative estimate of drug-likeness (QED) is 0.813. The molecule has 0 spiro atoms. The van der Waals surface area contributed by atoms with Gasteiger partial charge in [0.1, 0.15) is 6.61 Å². The molecular weight excluding hydrogens is 312 g/mol. The van der Waals surface area contributed by atoms with Crippen molar-refractivity contribution in [1.29, 1.82) is 0 Å². The molecule has 1 fully saturated rings. The minimum Gasteiger partial charge on any atom is -0.377 e. The second kappa shape index (κ2) is 7.05. The third-order valence-electron chi connectivity index (χ3n) is 3.62. The normalized spacial score (nSPS) is 22.6. The van der Waals surface area contributed by atoms with E-state index in [-0.39, 0.29) is 5.91 Å². The Balaban J connectivity index is 1.83. The highest BCUT2D eigenvalue weighted by Crippen LogP contribution is 2.32. The van der Waals surface area contributed by atoms with Crippen molar-refractivity contribution in [2.75, 3.05) is 19.0 Å². The van der Waals surface area contributed by atoms with E-state index in [4.69, 9.17) is 9.26 Å². The first kappa shape index (κ1) is 14.5. The summed E-state index contributed by atoms with van der Waals surface area (Å²) in [5, 5.41) is 7.69. The molecule has 2 rings (SSSR count). The number of nitrogens with zero attached hydrogens (tertiary/aromatic N) is 1. The van der Waals surface area contributed by atoms with Gasteiger partial charge >= 0.3 is 0 Å². The fraction of sp³-hybridized carbons (Fsp3) is 0.692. The molecule has 0 bridgehead atoms. The highest BCUT2D eigenvalue weighted by atomic mass is 79.9. The van der Waals surface area contributed by atoms with Gasteiger partial charge in [-0.05, 0) is 24.7 Å². The van der Waals surface area contributed by atoms with Gasteiger partial charge in [0.25, 0.3) is 5.91 Å². The first-order chi connectivity index (χ1) is 9.24. The highest BCUT2D eigenvalue weighted by Gasteiger charge is 2.26. The van der Waals surface area contributed by atoms with Crippen LogP contribution in [0.15, 0.2) is 10.6 Å². The zero-order valence-electron chi connectivity index (χ0n) is 11.0. The molecule has 1 heterocycles. The van der Waals surface area contributed by atoms with Gasteiger partial charge in [-0.15, -0.1) is 0 Å². The van der Waals surface area contributed by atoms with Crippen molar-refractivity contribution in [3.8, 4) is 0 Å². The predicted molar refractivity (Wildman–Crippen MR) is 74.2 cm³/mol. The van der Waals surface area contributed by atoms with E-state index in [0.29, 0.717) is 36.4 Å². The van der Waals surface area contributed by atoms with Gasteiger partial charge < -0.3 is 14.6 Å². The molecule has 0 radical (unpaired) electrons. The second-order valence-electron chi connectivity index (χ2n) is 4.93. The first-order valence-electron chi connectivity index (χ1n) is 6.53. The van der Waals surface area contributed by atoms with E-state index in [9.17, 15) is 4.79 Å². The monoisotopic (exact) mass is 330 g/mol. The van der Waals surface area contributed by atoms with Gasteiger partial charge in [0.15, 0.2) is 11.5 Å². The van der Waals surface area contributed by atoms with E-state index in [1.807, 2.05) is 0 Å². The second-order valence-corrected chi connectivity index (χ2v) is 5.57. The van der Waals surface area contributed by atoms with Gasteiger partial charge in [-0.3, -0.25) is 4.79 Å². The SMILES string of the molecule is COCc1cc(C(=O)NCC2CCCC2CBr)no1. The van der Waals surface area contributed by atoms with Crippen molar-refractivity contribution in [3.63, 3.8) is 0 Å². The van der Waals surface area contributed by atoms with Crippen molar-refractivity contribution >= 4 is 21.8 Å². The Morgan fingerprint density at radius 2 is 2.37 bits per heavy atom. The smallest absolute Gasteiger partial charge is 0.273 e. The minimum absolute atomic E-state index is 0.175. The lowest BCUT2D eigenvalue weighted by molar-refractivity contribution is 0.0935. The fourth-order valence-electron chi connectivity index (χ4n) is 2.53. The molecule has 1 amide bonds. The average molecular weight is 331 g/mol. The molecule has 1 aromatic rings. The van der Waals surface area contributed by atoms with E-state index in [0.717, 1.165) is 5.33 Å². The van der Waals surface area contributed by atoms with Crippen molar-refractivity contribution < 1.29 is 14.1 Å². The van der Waals surface area contributed by atoms with Crippen LogP contribution in [0, 0.1) is 11.8 Å². The van der Waals surface area contributed by atoms with Crippen LogP contribution in [-0.2, 0) is 11.3 Å². The van der Waals surface area contributed by atoms with Gasteiger partial charge in [0.2, 0.25) is 0 Å². The molecule has 2 atom stereocenters. The Bertz CT molecular complexity index is 422. The lowest BCUT2D eigenvalue weighted by Crippen LogP contribution is -2.31. The predicted octanol–water partition coefficient (Wildman–Crippen LogP) is 2.36. The number of hydrogen-bond donors (Lipinski definition) is 1. The van der Waals surface area contributed by atoms with Crippen LogP contribution in [0.3, 0.4) is 0 Å².